The van der Waals surface area contributed by atoms with E-state index in [1.165, 1.54) is 0 Å². The van der Waals surface area contributed by atoms with Crippen molar-refractivity contribution in [2.24, 2.45) is 12.5 Å². The Morgan fingerprint density at radius 3 is 2.74 bits per heavy atom. The Morgan fingerprint density at radius 1 is 1.23 bits per heavy atom. The number of nitrogens with zero attached hydrogens (tertiary/aromatic N) is 4. The maximum absolute atomic E-state index is 13.4. The third-order valence-corrected chi connectivity index (χ3v) is 7.20. The lowest BCUT2D eigenvalue weighted by molar-refractivity contribution is -0.135. The van der Waals surface area contributed by atoms with Crippen LogP contribution in [0.25, 0.3) is 0 Å². The SMILES string of the molecule is Cc1cc(OCC2(CC(=O)N(C)Cc3ccccc3)CCCN(Cc3cn(C)cn3)C2)ccc1Cl. The number of hydrogen-bond donors (Lipinski definition) is 0. The van der Waals surface area contributed by atoms with Crippen molar-refractivity contribution in [3.63, 3.8) is 0 Å². The Hall–Kier alpha value is -2.83. The lowest BCUT2D eigenvalue weighted by Gasteiger charge is -2.42. The third kappa shape index (κ3) is 6.86. The molecule has 7 heteroatoms. The van der Waals surface area contributed by atoms with Crippen LogP contribution in [0, 0.1) is 12.3 Å². The van der Waals surface area contributed by atoms with Crippen molar-refractivity contribution < 1.29 is 9.53 Å². The Morgan fingerprint density at radius 2 is 2.03 bits per heavy atom. The number of imidazole rings is 1. The van der Waals surface area contributed by atoms with E-state index in [1.54, 1.807) is 0 Å². The number of ether oxygens (including phenoxy) is 1. The lowest BCUT2D eigenvalue weighted by atomic mass is 9.77. The zero-order valence-corrected chi connectivity index (χ0v) is 21.7. The molecule has 1 amide bonds. The number of aryl methyl sites for hydroxylation is 2. The summed E-state index contributed by atoms with van der Waals surface area (Å²) in [6.07, 6.45) is 6.30. The molecule has 1 saturated heterocycles. The molecule has 0 N–H and O–H groups in total. The molecule has 4 rings (SSSR count). The van der Waals surface area contributed by atoms with E-state index in [4.69, 9.17) is 16.3 Å². The number of carbonyl (C=O) groups is 1. The van der Waals surface area contributed by atoms with Gasteiger partial charge in [-0.25, -0.2) is 4.98 Å². The fourth-order valence-corrected chi connectivity index (χ4v) is 5.00. The van der Waals surface area contributed by atoms with E-state index < -0.39 is 0 Å². The van der Waals surface area contributed by atoms with Gasteiger partial charge in [0, 0.05) is 56.8 Å². The van der Waals surface area contributed by atoms with E-state index in [-0.39, 0.29) is 11.3 Å². The Kier molecular flexibility index (Phi) is 8.14. The molecule has 1 atom stereocenters. The monoisotopic (exact) mass is 494 g/mol. The van der Waals surface area contributed by atoms with Gasteiger partial charge < -0.3 is 14.2 Å². The summed E-state index contributed by atoms with van der Waals surface area (Å²) < 4.78 is 8.28. The molecule has 1 aromatic heterocycles. The van der Waals surface area contributed by atoms with Crippen molar-refractivity contribution in [1.82, 2.24) is 19.4 Å². The van der Waals surface area contributed by atoms with Gasteiger partial charge in [0.1, 0.15) is 5.75 Å². The third-order valence-electron chi connectivity index (χ3n) is 6.77. The van der Waals surface area contributed by atoms with Crippen molar-refractivity contribution in [1.29, 1.82) is 0 Å². The quantitative estimate of drug-likeness (QED) is 0.415. The molecule has 1 unspecified atom stereocenters. The van der Waals surface area contributed by atoms with Crippen LogP contribution < -0.4 is 4.74 Å². The molecule has 2 aromatic carbocycles. The second-order valence-electron chi connectivity index (χ2n) is 9.96. The summed E-state index contributed by atoms with van der Waals surface area (Å²) in [7, 11) is 3.88. The fraction of sp³-hybridized carbons (Fsp3) is 0.429. The van der Waals surface area contributed by atoms with Crippen LogP contribution in [0.1, 0.15) is 36.1 Å². The first kappa shape index (κ1) is 25.3. The smallest absolute Gasteiger partial charge is 0.223 e. The van der Waals surface area contributed by atoms with Crippen molar-refractivity contribution in [2.75, 3.05) is 26.7 Å². The molecule has 0 spiro atoms. The molecule has 3 aromatic rings. The van der Waals surface area contributed by atoms with Crippen molar-refractivity contribution in [3.05, 3.63) is 82.9 Å². The van der Waals surface area contributed by atoms with Crippen molar-refractivity contribution in [2.45, 2.75) is 39.3 Å². The summed E-state index contributed by atoms with van der Waals surface area (Å²) in [6, 6.07) is 15.9. The molecular weight excluding hydrogens is 460 g/mol. The molecule has 0 saturated carbocycles. The first-order valence-corrected chi connectivity index (χ1v) is 12.6. The number of benzene rings is 2. The van der Waals surface area contributed by atoms with Crippen molar-refractivity contribution in [3.8, 4) is 5.75 Å². The second kappa shape index (κ2) is 11.3. The number of amides is 1. The number of carbonyl (C=O) groups excluding carboxylic acids is 1. The van der Waals surface area contributed by atoms with E-state index in [1.807, 2.05) is 73.2 Å². The number of rotatable bonds is 9. The zero-order chi connectivity index (χ0) is 24.8. The number of hydrogen-bond acceptors (Lipinski definition) is 4. The number of likely N-dealkylation sites (tertiary alicyclic amines) is 1. The Labute approximate surface area is 213 Å². The molecule has 35 heavy (non-hydrogen) atoms. The van der Waals surface area contributed by atoms with Gasteiger partial charge in [0.05, 0.1) is 18.6 Å². The van der Waals surface area contributed by atoms with Gasteiger partial charge in [-0.1, -0.05) is 41.9 Å². The van der Waals surface area contributed by atoms with Gasteiger partial charge in [-0.15, -0.1) is 0 Å². The molecule has 0 bridgehead atoms. The summed E-state index contributed by atoms with van der Waals surface area (Å²) in [5.74, 6) is 0.933. The largest absolute Gasteiger partial charge is 0.493 e. The zero-order valence-electron chi connectivity index (χ0n) is 20.9. The van der Waals surface area contributed by atoms with Gasteiger partial charge in [-0.05, 0) is 55.6 Å². The molecule has 2 heterocycles. The van der Waals surface area contributed by atoms with Gasteiger partial charge in [0.2, 0.25) is 5.91 Å². The topological polar surface area (TPSA) is 50.6 Å². The molecular formula is C28H35ClN4O2. The summed E-state index contributed by atoms with van der Waals surface area (Å²) >= 11 is 6.20. The molecule has 0 radical (unpaired) electrons. The van der Waals surface area contributed by atoms with Gasteiger partial charge in [0.15, 0.2) is 0 Å². The predicted octanol–water partition coefficient (Wildman–Crippen LogP) is 5.09. The normalized spacial score (nSPS) is 18.4. The number of aromatic nitrogens is 2. The molecule has 1 fully saturated rings. The maximum Gasteiger partial charge on any atom is 0.223 e. The van der Waals surface area contributed by atoms with Crippen LogP contribution in [-0.2, 0) is 24.9 Å². The highest BCUT2D eigenvalue weighted by Gasteiger charge is 2.39. The summed E-state index contributed by atoms with van der Waals surface area (Å²) in [4.78, 5) is 22.2. The average molecular weight is 495 g/mol. The summed E-state index contributed by atoms with van der Waals surface area (Å²) in [5, 5.41) is 0.726. The van der Waals surface area contributed by atoms with Crippen LogP contribution >= 0.6 is 11.6 Å². The van der Waals surface area contributed by atoms with Gasteiger partial charge in [-0.3, -0.25) is 9.69 Å². The standard InChI is InChI=1S/C28H35ClN4O2/c1-22-14-25(10-11-26(22)29)35-20-28(15-27(34)32(3)16-23-8-5-4-6-9-23)12-7-13-33(19-28)18-24-17-31(2)21-30-24/h4-6,8-11,14,17,21H,7,12-13,15-16,18-20H2,1-3H3. The average Bonchev–Trinajstić information content (AvgIpc) is 3.25. The minimum atomic E-state index is -0.275. The van der Waals surface area contributed by atoms with E-state index in [0.717, 1.165) is 60.1 Å². The predicted molar refractivity (Wildman–Crippen MR) is 139 cm³/mol. The molecule has 1 aliphatic rings. The summed E-state index contributed by atoms with van der Waals surface area (Å²) in [5.41, 5.74) is 2.89. The lowest BCUT2D eigenvalue weighted by Crippen LogP contribution is -2.48. The van der Waals surface area contributed by atoms with Crippen LogP contribution in [0.5, 0.6) is 5.75 Å². The van der Waals surface area contributed by atoms with Gasteiger partial charge in [0.25, 0.3) is 0 Å². The van der Waals surface area contributed by atoms with E-state index in [0.29, 0.717) is 19.6 Å². The molecule has 0 aliphatic carbocycles. The van der Waals surface area contributed by atoms with E-state index in [2.05, 4.69) is 28.2 Å². The van der Waals surface area contributed by atoms with Gasteiger partial charge in [-0.2, -0.15) is 0 Å². The van der Waals surface area contributed by atoms with Crippen LogP contribution in [0.3, 0.4) is 0 Å². The fourth-order valence-electron chi connectivity index (χ4n) is 4.88. The maximum atomic E-state index is 13.4. The number of piperidine rings is 1. The minimum Gasteiger partial charge on any atom is -0.493 e. The Bertz CT molecular complexity index is 1130. The van der Waals surface area contributed by atoms with Crippen LogP contribution in [0.2, 0.25) is 5.02 Å². The highest BCUT2D eigenvalue weighted by Crippen LogP contribution is 2.36. The second-order valence-corrected chi connectivity index (χ2v) is 10.4. The van der Waals surface area contributed by atoms with E-state index in [9.17, 15) is 4.79 Å². The van der Waals surface area contributed by atoms with Gasteiger partial charge >= 0.3 is 0 Å². The minimum absolute atomic E-state index is 0.143. The van der Waals surface area contributed by atoms with Crippen LogP contribution in [0.4, 0.5) is 0 Å². The highest BCUT2D eigenvalue weighted by atomic mass is 35.5. The first-order chi connectivity index (χ1) is 16.8. The molecule has 1 aliphatic heterocycles. The van der Waals surface area contributed by atoms with Crippen LogP contribution in [0.15, 0.2) is 61.1 Å². The molecule has 186 valence electrons. The molecule has 6 nitrogen and oxygen atoms in total. The summed E-state index contributed by atoms with van der Waals surface area (Å²) in [6.45, 7) is 5.62. The van der Waals surface area contributed by atoms with Crippen molar-refractivity contribution >= 4 is 17.5 Å². The van der Waals surface area contributed by atoms with Crippen LogP contribution in [-0.4, -0.2) is 52.0 Å². The Balaban J connectivity index is 1.49. The highest BCUT2D eigenvalue weighted by molar-refractivity contribution is 6.31. The van der Waals surface area contributed by atoms with E-state index >= 15 is 0 Å². The number of halogens is 1. The first-order valence-electron chi connectivity index (χ1n) is 12.2.